The monoisotopic (exact) mass is 548 g/mol. The van der Waals surface area contributed by atoms with Gasteiger partial charge in [-0.05, 0) is 90.7 Å². The molecular formula is C24H25IN2O3S. The van der Waals surface area contributed by atoms with Crippen molar-refractivity contribution in [1.82, 2.24) is 4.72 Å². The summed E-state index contributed by atoms with van der Waals surface area (Å²) >= 11 is 2.23. The van der Waals surface area contributed by atoms with E-state index in [2.05, 4.69) is 32.6 Å². The van der Waals surface area contributed by atoms with Crippen molar-refractivity contribution < 1.29 is 13.2 Å². The fraction of sp³-hybridized carbons (Fsp3) is 0.208. The Morgan fingerprint density at radius 1 is 0.935 bits per heavy atom. The van der Waals surface area contributed by atoms with Crippen LogP contribution in [0.3, 0.4) is 0 Å². The molecule has 0 aliphatic heterocycles. The maximum absolute atomic E-state index is 13.2. The third kappa shape index (κ3) is 6.15. The first kappa shape index (κ1) is 23.4. The number of halogens is 1. The highest BCUT2D eigenvalue weighted by atomic mass is 127. The van der Waals surface area contributed by atoms with Crippen LogP contribution in [0.25, 0.3) is 0 Å². The van der Waals surface area contributed by atoms with Crippen molar-refractivity contribution in [2.45, 2.75) is 38.1 Å². The fourth-order valence-corrected chi connectivity index (χ4v) is 5.46. The van der Waals surface area contributed by atoms with E-state index in [0.717, 1.165) is 25.8 Å². The van der Waals surface area contributed by atoms with Crippen molar-refractivity contribution in [1.29, 1.82) is 0 Å². The van der Waals surface area contributed by atoms with Gasteiger partial charge in [-0.1, -0.05) is 48.0 Å². The van der Waals surface area contributed by atoms with Gasteiger partial charge in [0.15, 0.2) is 0 Å². The SMILES string of the molecule is Cc1ccc(S(=O)(=O)N[C@@H](Cc2ccccc2)C(=O)Nc2c(C)cc(I)cc2C)cc1. The highest BCUT2D eigenvalue weighted by molar-refractivity contribution is 14.1. The second-order valence-corrected chi connectivity index (χ2v) is 10.5. The van der Waals surface area contributed by atoms with Crippen molar-refractivity contribution >= 4 is 44.2 Å². The van der Waals surface area contributed by atoms with Crippen molar-refractivity contribution in [3.05, 3.63) is 92.6 Å². The molecule has 0 aliphatic carbocycles. The van der Waals surface area contributed by atoms with Crippen LogP contribution >= 0.6 is 22.6 Å². The Hall–Kier alpha value is -2.23. The minimum atomic E-state index is -3.87. The largest absolute Gasteiger partial charge is 0.324 e. The molecule has 0 saturated heterocycles. The maximum Gasteiger partial charge on any atom is 0.242 e. The van der Waals surface area contributed by atoms with Crippen LogP contribution in [-0.2, 0) is 21.2 Å². The molecule has 0 fully saturated rings. The van der Waals surface area contributed by atoms with E-state index in [1.54, 1.807) is 24.3 Å². The van der Waals surface area contributed by atoms with Gasteiger partial charge in [-0.2, -0.15) is 4.72 Å². The van der Waals surface area contributed by atoms with Gasteiger partial charge in [0.25, 0.3) is 0 Å². The molecule has 0 radical (unpaired) electrons. The van der Waals surface area contributed by atoms with Gasteiger partial charge in [0.1, 0.15) is 6.04 Å². The summed E-state index contributed by atoms with van der Waals surface area (Å²) in [5, 5.41) is 2.94. The molecule has 1 amide bonds. The van der Waals surface area contributed by atoms with Gasteiger partial charge in [-0.3, -0.25) is 4.79 Å². The Balaban J connectivity index is 1.91. The van der Waals surface area contributed by atoms with Gasteiger partial charge in [-0.25, -0.2) is 8.42 Å². The van der Waals surface area contributed by atoms with Gasteiger partial charge >= 0.3 is 0 Å². The summed E-state index contributed by atoms with van der Waals surface area (Å²) in [5.74, 6) is -0.396. The Morgan fingerprint density at radius 3 is 2.10 bits per heavy atom. The maximum atomic E-state index is 13.2. The number of nitrogens with one attached hydrogen (secondary N) is 2. The number of hydrogen-bond acceptors (Lipinski definition) is 3. The molecule has 7 heteroatoms. The third-order valence-corrected chi connectivity index (χ3v) is 7.08. The van der Waals surface area contributed by atoms with Crippen molar-refractivity contribution in [3.8, 4) is 0 Å². The van der Waals surface area contributed by atoms with Crippen LogP contribution in [0.1, 0.15) is 22.3 Å². The number of carbonyl (C=O) groups is 1. The summed E-state index contributed by atoms with van der Waals surface area (Å²) in [7, 11) is -3.87. The summed E-state index contributed by atoms with van der Waals surface area (Å²) in [4.78, 5) is 13.4. The molecule has 0 aliphatic rings. The van der Waals surface area contributed by atoms with Crippen LogP contribution in [-0.4, -0.2) is 20.4 Å². The second-order valence-electron chi connectivity index (χ2n) is 7.58. The number of carbonyl (C=O) groups excluding carboxylic acids is 1. The fourth-order valence-electron chi connectivity index (χ4n) is 3.33. The normalized spacial score (nSPS) is 12.4. The summed E-state index contributed by atoms with van der Waals surface area (Å²) in [5.41, 5.74) is 4.39. The van der Waals surface area contributed by atoms with Gasteiger partial charge < -0.3 is 5.32 Å². The Bertz CT molecular complexity index is 1150. The third-order valence-electron chi connectivity index (χ3n) is 4.97. The Labute approximate surface area is 197 Å². The first-order valence-electron chi connectivity index (χ1n) is 9.86. The first-order valence-corrected chi connectivity index (χ1v) is 12.4. The lowest BCUT2D eigenvalue weighted by Crippen LogP contribution is -2.45. The summed E-state index contributed by atoms with van der Waals surface area (Å²) in [6.07, 6.45) is 0.236. The predicted molar refractivity (Wildman–Crippen MR) is 133 cm³/mol. The lowest BCUT2D eigenvalue weighted by Gasteiger charge is -2.20. The predicted octanol–water partition coefficient (Wildman–Crippen LogP) is 4.74. The number of sulfonamides is 1. The van der Waals surface area contributed by atoms with E-state index in [0.29, 0.717) is 5.69 Å². The highest BCUT2D eigenvalue weighted by Crippen LogP contribution is 2.24. The van der Waals surface area contributed by atoms with E-state index in [1.165, 1.54) is 0 Å². The zero-order valence-electron chi connectivity index (χ0n) is 17.6. The molecule has 0 heterocycles. The van der Waals surface area contributed by atoms with Gasteiger partial charge in [0.05, 0.1) is 4.90 Å². The average Bonchev–Trinajstić information content (AvgIpc) is 2.71. The minimum absolute atomic E-state index is 0.130. The van der Waals surface area contributed by atoms with Crippen molar-refractivity contribution in [2.24, 2.45) is 0 Å². The molecular weight excluding hydrogens is 523 g/mol. The molecule has 0 saturated carbocycles. The number of amides is 1. The van der Waals surface area contributed by atoms with Crippen LogP contribution in [0, 0.1) is 24.3 Å². The van der Waals surface area contributed by atoms with E-state index in [9.17, 15) is 13.2 Å². The Morgan fingerprint density at radius 2 is 1.52 bits per heavy atom. The molecule has 0 bridgehead atoms. The first-order chi connectivity index (χ1) is 14.7. The minimum Gasteiger partial charge on any atom is -0.324 e. The molecule has 0 aromatic heterocycles. The molecule has 31 heavy (non-hydrogen) atoms. The van der Waals surface area contributed by atoms with E-state index < -0.39 is 22.0 Å². The van der Waals surface area contributed by atoms with Crippen LogP contribution in [0.2, 0.25) is 0 Å². The second kappa shape index (κ2) is 9.93. The van der Waals surface area contributed by atoms with E-state index in [1.807, 2.05) is 63.2 Å². The number of rotatable bonds is 7. The van der Waals surface area contributed by atoms with E-state index in [-0.39, 0.29) is 11.3 Å². The van der Waals surface area contributed by atoms with Gasteiger partial charge in [0.2, 0.25) is 15.9 Å². The molecule has 0 unspecified atom stereocenters. The smallest absolute Gasteiger partial charge is 0.242 e. The molecule has 5 nitrogen and oxygen atoms in total. The molecule has 1 atom stereocenters. The topological polar surface area (TPSA) is 75.3 Å². The van der Waals surface area contributed by atoms with Crippen LogP contribution < -0.4 is 10.0 Å². The lowest BCUT2D eigenvalue weighted by atomic mass is 10.0. The number of aryl methyl sites for hydroxylation is 3. The summed E-state index contributed by atoms with van der Waals surface area (Å²) < 4.78 is 29.7. The zero-order chi connectivity index (χ0) is 22.6. The number of benzene rings is 3. The molecule has 2 N–H and O–H groups in total. The van der Waals surface area contributed by atoms with Crippen LogP contribution in [0.4, 0.5) is 5.69 Å². The molecule has 0 spiro atoms. The number of anilines is 1. The van der Waals surface area contributed by atoms with Crippen molar-refractivity contribution in [2.75, 3.05) is 5.32 Å². The zero-order valence-corrected chi connectivity index (χ0v) is 20.6. The van der Waals surface area contributed by atoms with Gasteiger partial charge in [0, 0.05) is 9.26 Å². The summed E-state index contributed by atoms with van der Waals surface area (Å²) in [6, 6.07) is 18.9. The number of hydrogen-bond donors (Lipinski definition) is 2. The standard InChI is InChI=1S/C24H25IN2O3S/c1-16-9-11-21(12-10-16)31(29,30)27-22(15-19-7-5-4-6-8-19)24(28)26-23-17(2)13-20(25)14-18(23)3/h4-14,22,27H,15H2,1-3H3,(H,26,28)/t22-/m0/s1. The van der Waals surface area contributed by atoms with E-state index in [4.69, 9.17) is 0 Å². The Kier molecular flexibility index (Phi) is 7.51. The average molecular weight is 548 g/mol. The van der Waals surface area contributed by atoms with Crippen LogP contribution in [0.15, 0.2) is 71.6 Å². The van der Waals surface area contributed by atoms with E-state index >= 15 is 0 Å². The molecule has 3 aromatic carbocycles. The van der Waals surface area contributed by atoms with Gasteiger partial charge in [-0.15, -0.1) is 0 Å². The molecule has 3 rings (SSSR count). The molecule has 162 valence electrons. The molecule has 3 aromatic rings. The highest BCUT2D eigenvalue weighted by Gasteiger charge is 2.27. The lowest BCUT2D eigenvalue weighted by molar-refractivity contribution is -0.117. The quantitative estimate of drug-likeness (QED) is 0.419. The van der Waals surface area contributed by atoms with Crippen molar-refractivity contribution in [3.63, 3.8) is 0 Å². The van der Waals surface area contributed by atoms with Crippen LogP contribution in [0.5, 0.6) is 0 Å². The summed E-state index contributed by atoms with van der Waals surface area (Å²) in [6.45, 7) is 5.74.